The van der Waals surface area contributed by atoms with Crippen molar-refractivity contribution in [3.63, 3.8) is 0 Å². The van der Waals surface area contributed by atoms with E-state index in [4.69, 9.17) is 4.74 Å². The number of rotatable bonds is 23. The fourth-order valence-electron chi connectivity index (χ4n) is 9.58. The van der Waals surface area contributed by atoms with Crippen LogP contribution in [0.25, 0.3) is 0 Å². The number of nitrogens with zero attached hydrogens (tertiary/aromatic N) is 2. The fourth-order valence-corrected chi connectivity index (χ4v) is 9.58. The number of likely N-dealkylation sites (tertiary alicyclic amines) is 2. The molecule has 63 heavy (non-hydrogen) atoms. The molecule has 0 aromatic heterocycles. The van der Waals surface area contributed by atoms with Crippen LogP contribution in [0, 0.1) is 11.8 Å². The molecule has 5 amide bonds. The maximum atomic E-state index is 13.9. The van der Waals surface area contributed by atoms with Gasteiger partial charge < -0.3 is 30.5 Å². The molecule has 2 saturated heterocycles. The van der Waals surface area contributed by atoms with Gasteiger partial charge >= 0.3 is 6.09 Å². The molecule has 338 valence electrons. The summed E-state index contributed by atoms with van der Waals surface area (Å²) in [5.41, 5.74) is 3.18. The summed E-state index contributed by atoms with van der Waals surface area (Å²) >= 11 is 0. The van der Waals surface area contributed by atoms with Gasteiger partial charge in [-0.15, -0.1) is 0 Å². The Balaban J connectivity index is 0.837. The largest absolute Gasteiger partial charge is 0.444 e. The van der Waals surface area contributed by atoms with Gasteiger partial charge in [0.15, 0.2) is 0 Å². The molecule has 2 saturated carbocycles. The number of alkyl carbamates (subject to hydrolysis) is 1. The highest BCUT2D eigenvalue weighted by atomic mass is 16.6. The van der Waals surface area contributed by atoms with E-state index >= 15 is 0 Å². The zero-order valence-corrected chi connectivity index (χ0v) is 37.3. The van der Waals surface area contributed by atoms with Crippen LogP contribution in [0.4, 0.5) is 4.79 Å². The molecule has 4 aliphatic rings. The molecule has 0 unspecified atom stereocenters. The first kappa shape index (κ1) is 45.8. The standard InChI is InChI=1S/C52H69N5O6/c1-2-3-4-5-6-7-8-9-10-11-12-13-20-30-53-52(62)63-41-29-31-56(34-41)50(60)39-25-27-40(28-26-39)51(61)57-35-44(48(58)54-46-32-42(46)37-21-16-14-17-22-37)45(36-57)49(59)55-47-33-43(47)38-23-18-15-19-24-38/h14-19,21-28,41-47H,2-13,20,29-36H2,1H3,(H,53,62)(H,54,58)(H,55,59)/t41-,42-,43-,44-,45-,46+,47+/m1/s1. The molecule has 0 spiro atoms. The van der Waals surface area contributed by atoms with E-state index in [2.05, 4.69) is 47.1 Å². The van der Waals surface area contributed by atoms with E-state index in [9.17, 15) is 24.0 Å². The number of hydrogen-bond donors (Lipinski definition) is 3. The summed E-state index contributed by atoms with van der Waals surface area (Å²) in [6, 6.07) is 26.8. The minimum Gasteiger partial charge on any atom is -0.444 e. The van der Waals surface area contributed by atoms with Gasteiger partial charge in [0.25, 0.3) is 11.8 Å². The molecular formula is C52H69N5O6. The summed E-state index contributed by atoms with van der Waals surface area (Å²) in [7, 11) is 0. The van der Waals surface area contributed by atoms with Crippen molar-refractivity contribution in [3.05, 3.63) is 107 Å². The first-order valence-corrected chi connectivity index (χ1v) is 24.1. The third kappa shape index (κ3) is 13.2. The third-order valence-corrected chi connectivity index (χ3v) is 13.6. The summed E-state index contributed by atoms with van der Waals surface area (Å²) in [5.74, 6) is -1.78. The van der Waals surface area contributed by atoms with Gasteiger partial charge in [0.1, 0.15) is 6.10 Å². The Kier molecular flexibility index (Phi) is 16.7. The van der Waals surface area contributed by atoms with Crippen LogP contribution >= 0.6 is 0 Å². The number of unbranched alkanes of at least 4 members (excludes halogenated alkanes) is 12. The average Bonchev–Trinajstić information content (AvgIpc) is 4.15. The van der Waals surface area contributed by atoms with Crippen molar-refractivity contribution in [2.45, 2.75) is 140 Å². The van der Waals surface area contributed by atoms with Crippen molar-refractivity contribution in [1.29, 1.82) is 0 Å². The molecule has 2 aliphatic carbocycles. The second-order valence-electron chi connectivity index (χ2n) is 18.5. The molecule has 3 aromatic rings. The summed E-state index contributed by atoms with van der Waals surface area (Å²) < 4.78 is 5.65. The monoisotopic (exact) mass is 860 g/mol. The molecular weight excluding hydrogens is 791 g/mol. The van der Waals surface area contributed by atoms with E-state index in [1.807, 2.05) is 36.4 Å². The molecule has 3 aromatic carbocycles. The van der Waals surface area contributed by atoms with E-state index < -0.39 is 17.9 Å². The Morgan fingerprint density at radius 2 is 1.00 bits per heavy atom. The highest BCUT2D eigenvalue weighted by Gasteiger charge is 2.49. The van der Waals surface area contributed by atoms with Crippen LogP contribution in [0.2, 0.25) is 0 Å². The van der Waals surface area contributed by atoms with Crippen molar-refractivity contribution < 1.29 is 28.7 Å². The van der Waals surface area contributed by atoms with Gasteiger partial charge in [-0.1, -0.05) is 145 Å². The molecule has 0 radical (unpaired) electrons. The van der Waals surface area contributed by atoms with Gasteiger partial charge in [-0.2, -0.15) is 0 Å². The minimum absolute atomic E-state index is 0.00210. The zero-order valence-electron chi connectivity index (χ0n) is 37.3. The van der Waals surface area contributed by atoms with Crippen LogP contribution in [0.15, 0.2) is 84.9 Å². The Labute approximate surface area is 374 Å². The Bertz CT molecular complexity index is 1880. The number of hydrogen-bond acceptors (Lipinski definition) is 6. The van der Waals surface area contributed by atoms with Crippen molar-refractivity contribution in [3.8, 4) is 0 Å². The molecule has 11 heteroatoms. The molecule has 7 rings (SSSR count). The summed E-state index contributed by atoms with van der Waals surface area (Å²) in [4.78, 5) is 70.9. The minimum atomic E-state index is -0.688. The third-order valence-electron chi connectivity index (χ3n) is 13.6. The molecule has 2 aliphatic heterocycles. The van der Waals surface area contributed by atoms with E-state index in [0.29, 0.717) is 37.2 Å². The van der Waals surface area contributed by atoms with Crippen LogP contribution in [0.5, 0.6) is 0 Å². The predicted octanol–water partition coefficient (Wildman–Crippen LogP) is 8.75. The second-order valence-corrected chi connectivity index (χ2v) is 18.5. The number of carbonyl (C=O) groups excluding carboxylic acids is 5. The maximum Gasteiger partial charge on any atom is 0.407 e. The number of carbonyl (C=O) groups is 5. The SMILES string of the molecule is CCCCCCCCCCCCCCCNC(=O)O[C@@H]1CCN(C(=O)c2ccc(C(=O)N3C[C@@H](C(=O)N[C@H]4C[C@@H]4c4ccccc4)[C@H](C(=O)N[C@H]4C[C@@H]4c4ccccc4)C3)cc2)C1. The topological polar surface area (TPSA) is 137 Å². The molecule has 0 bridgehead atoms. The summed E-state index contributed by atoms with van der Waals surface area (Å²) in [6.07, 6.45) is 18.0. The normalized spacial score (nSPS) is 23.5. The molecule has 2 heterocycles. The van der Waals surface area contributed by atoms with Crippen molar-refractivity contribution in [2.75, 3.05) is 32.7 Å². The molecule has 11 nitrogen and oxygen atoms in total. The van der Waals surface area contributed by atoms with Gasteiger partial charge in [0, 0.05) is 67.6 Å². The predicted molar refractivity (Wildman–Crippen MR) is 245 cm³/mol. The quantitative estimate of drug-likeness (QED) is 0.0817. The first-order valence-electron chi connectivity index (χ1n) is 24.1. The van der Waals surface area contributed by atoms with Crippen molar-refractivity contribution >= 4 is 29.7 Å². The van der Waals surface area contributed by atoms with Crippen molar-refractivity contribution in [1.82, 2.24) is 25.8 Å². The van der Waals surface area contributed by atoms with Crippen LogP contribution in [-0.4, -0.2) is 90.4 Å². The highest BCUT2D eigenvalue weighted by molar-refractivity contribution is 5.99. The fraction of sp³-hybridized carbons (Fsp3) is 0.558. The lowest BCUT2D eigenvalue weighted by atomic mass is 9.94. The van der Waals surface area contributed by atoms with Gasteiger partial charge in [0.2, 0.25) is 11.8 Å². The Morgan fingerprint density at radius 1 is 0.556 bits per heavy atom. The lowest BCUT2D eigenvalue weighted by Gasteiger charge is -2.18. The van der Waals surface area contributed by atoms with Crippen LogP contribution in [0.3, 0.4) is 0 Å². The van der Waals surface area contributed by atoms with Crippen LogP contribution in [0.1, 0.15) is 153 Å². The van der Waals surface area contributed by atoms with Crippen molar-refractivity contribution in [2.24, 2.45) is 11.8 Å². The molecule has 7 atom stereocenters. The summed E-state index contributed by atoms with van der Waals surface area (Å²) in [6.45, 7) is 3.88. The second kappa shape index (κ2) is 22.9. The van der Waals surface area contributed by atoms with E-state index in [0.717, 1.165) is 25.7 Å². The van der Waals surface area contributed by atoms with Gasteiger partial charge in [-0.05, 0) is 54.7 Å². The average molecular weight is 860 g/mol. The van der Waals surface area contributed by atoms with Crippen LogP contribution < -0.4 is 16.0 Å². The lowest BCUT2D eigenvalue weighted by molar-refractivity contribution is -0.133. The lowest BCUT2D eigenvalue weighted by Crippen LogP contribution is -2.43. The maximum absolute atomic E-state index is 13.9. The number of nitrogens with one attached hydrogen (secondary N) is 3. The Hall–Kier alpha value is -5.19. The molecule has 4 fully saturated rings. The zero-order chi connectivity index (χ0) is 44.0. The van der Waals surface area contributed by atoms with Crippen LogP contribution in [-0.2, 0) is 14.3 Å². The molecule has 3 N–H and O–H groups in total. The number of ether oxygens (including phenoxy) is 1. The van der Waals surface area contributed by atoms with Gasteiger partial charge in [-0.25, -0.2) is 4.79 Å². The van der Waals surface area contributed by atoms with Gasteiger partial charge in [0.05, 0.1) is 18.4 Å². The first-order chi connectivity index (χ1) is 30.8. The number of benzene rings is 3. The van der Waals surface area contributed by atoms with E-state index in [1.54, 1.807) is 34.1 Å². The van der Waals surface area contributed by atoms with E-state index in [1.165, 1.54) is 81.8 Å². The Morgan fingerprint density at radius 3 is 1.48 bits per heavy atom. The highest BCUT2D eigenvalue weighted by Crippen LogP contribution is 2.42. The smallest absolute Gasteiger partial charge is 0.407 e. The van der Waals surface area contributed by atoms with E-state index in [-0.39, 0.29) is 66.7 Å². The van der Waals surface area contributed by atoms with Gasteiger partial charge in [-0.3, -0.25) is 19.2 Å². The summed E-state index contributed by atoms with van der Waals surface area (Å²) in [5, 5.41) is 9.25. The number of amides is 5.